The first kappa shape index (κ1) is 27.1. The molecule has 0 radical (unpaired) electrons. The number of carbonyl (C=O) groups is 6. The Bertz CT molecular complexity index is 686. The number of rotatable bonds is 13. The van der Waals surface area contributed by atoms with Crippen molar-refractivity contribution in [3.05, 3.63) is 0 Å². The average Bonchev–Trinajstić information content (AvgIpc) is 2.61. The maximum absolute atomic E-state index is 12.4. The van der Waals surface area contributed by atoms with Gasteiger partial charge in [0.05, 0.1) is 18.9 Å². The molecule has 8 N–H and O–H groups in total. The molecule has 13 nitrogen and oxygen atoms in total. The molecule has 0 fully saturated rings. The van der Waals surface area contributed by atoms with Crippen molar-refractivity contribution in [3.8, 4) is 0 Å². The lowest BCUT2D eigenvalue weighted by Gasteiger charge is -2.24. The highest BCUT2D eigenvalue weighted by Crippen LogP contribution is 2.04. The molecular formula is C16H26N4O9S. The molecule has 0 saturated carbocycles. The molecule has 0 saturated heterocycles. The molecule has 0 spiro atoms. The van der Waals surface area contributed by atoms with E-state index < -0.39 is 78.6 Å². The Labute approximate surface area is 177 Å². The van der Waals surface area contributed by atoms with Crippen LogP contribution in [0.1, 0.15) is 26.7 Å². The van der Waals surface area contributed by atoms with E-state index in [1.807, 2.05) is 0 Å². The van der Waals surface area contributed by atoms with E-state index in [2.05, 4.69) is 28.6 Å². The third-order valence-electron chi connectivity index (χ3n) is 3.79. The Kier molecular flexibility index (Phi) is 11.4. The Hall–Kier alpha value is -2.87. The van der Waals surface area contributed by atoms with Gasteiger partial charge in [-0.2, -0.15) is 12.6 Å². The Morgan fingerprint density at radius 3 is 1.67 bits per heavy atom. The van der Waals surface area contributed by atoms with E-state index >= 15 is 0 Å². The third-order valence-corrected chi connectivity index (χ3v) is 4.15. The van der Waals surface area contributed by atoms with Crippen molar-refractivity contribution in [1.82, 2.24) is 16.0 Å². The summed E-state index contributed by atoms with van der Waals surface area (Å²) in [4.78, 5) is 69.5. The Morgan fingerprint density at radius 2 is 1.27 bits per heavy atom. The van der Waals surface area contributed by atoms with Crippen LogP contribution in [0.5, 0.6) is 0 Å². The molecule has 0 aliphatic carbocycles. The summed E-state index contributed by atoms with van der Waals surface area (Å²) in [7, 11) is 0. The van der Waals surface area contributed by atoms with Crippen LogP contribution < -0.4 is 21.7 Å². The van der Waals surface area contributed by atoms with Crippen LogP contribution in [0.15, 0.2) is 0 Å². The molecule has 0 aromatic rings. The van der Waals surface area contributed by atoms with Gasteiger partial charge in [0, 0.05) is 5.75 Å². The molecule has 14 heteroatoms. The van der Waals surface area contributed by atoms with E-state index in [0.717, 1.165) is 0 Å². The van der Waals surface area contributed by atoms with Crippen molar-refractivity contribution in [1.29, 1.82) is 0 Å². The summed E-state index contributed by atoms with van der Waals surface area (Å²) in [6.45, 7) is 3.05. The van der Waals surface area contributed by atoms with Gasteiger partial charge < -0.3 is 37.0 Å². The van der Waals surface area contributed by atoms with E-state index in [1.54, 1.807) is 0 Å². The number of hydrogen-bond donors (Lipinski definition) is 8. The average molecular weight is 450 g/mol. The zero-order valence-electron chi connectivity index (χ0n) is 16.3. The van der Waals surface area contributed by atoms with Crippen LogP contribution >= 0.6 is 12.6 Å². The minimum absolute atomic E-state index is 0.275. The maximum atomic E-state index is 12.4. The van der Waals surface area contributed by atoms with E-state index in [4.69, 9.17) is 21.1 Å². The summed E-state index contributed by atoms with van der Waals surface area (Å²) in [6.07, 6.45) is -1.55. The molecule has 0 bridgehead atoms. The fraction of sp³-hybridized carbons (Fsp3) is 0.625. The van der Waals surface area contributed by atoms with Gasteiger partial charge in [-0.05, 0) is 5.92 Å². The number of carbonyl (C=O) groups excluding carboxylic acids is 3. The highest BCUT2D eigenvalue weighted by atomic mass is 32.1. The van der Waals surface area contributed by atoms with Crippen LogP contribution in [0.4, 0.5) is 0 Å². The molecule has 0 aromatic heterocycles. The molecule has 0 aliphatic heterocycles. The molecule has 4 atom stereocenters. The van der Waals surface area contributed by atoms with Gasteiger partial charge in [0.2, 0.25) is 17.7 Å². The van der Waals surface area contributed by atoms with Crippen molar-refractivity contribution in [2.45, 2.75) is 50.9 Å². The second kappa shape index (κ2) is 12.6. The van der Waals surface area contributed by atoms with Gasteiger partial charge in [0.15, 0.2) is 0 Å². The van der Waals surface area contributed by atoms with Gasteiger partial charge in [-0.3, -0.25) is 24.0 Å². The van der Waals surface area contributed by atoms with Crippen molar-refractivity contribution >= 4 is 48.3 Å². The highest BCUT2D eigenvalue weighted by Gasteiger charge is 2.32. The van der Waals surface area contributed by atoms with Crippen LogP contribution in [-0.4, -0.2) is 80.9 Å². The maximum Gasteiger partial charge on any atom is 0.326 e. The van der Waals surface area contributed by atoms with Gasteiger partial charge in [-0.15, -0.1) is 0 Å². The fourth-order valence-corrected chi connectivity index (χ4v) is 2.43. The lowest BCUT2D eigenvalue weighted by molar-refractivity contribution is -0.144. The third kappa shape index (κ3) is 9.56. The molecule has 3 amide bonds. The van der Waals surface area contributed by atoms with Gasteiger partial charge in [-0.1, -0.05) is 13.8 Å². The topological polar surface area (TPSA) is 225 Å². The van der Waals surface area contributed by atoms with Crippen molar-refractivity contribution in [3.63, 3.8) is 0 Å². The SMILES string of the molecule is CC(C)C(NC(=O)C(CC(=O)O)NC(=O)C(CS)NC(=O)C(N)CC(=O)O)C(=O)O. The van der Waals surface area contributed by atoms with E-state index in [-0.39, 0.29) is 5.75 Å². The quantitative estimate of drug-likeness (QED) is 0.136. The zero-order valence-corrected chi connectivity index (χ0v) is 17.2. The second-order valence-corrected chi connectivity index (χ2v) is 7.04. The molecular weight excluding hydrogens is 424 g/mol. The Morgan fingerprint density at radius 1 is 0.800 bits per heavy atom. The zero-order chi connectivity index (χ0) is 23.6. The van der Waals surface area contributed by atoms with E-state index in [1.165, 1.54) is 13.8 Å². The summed E-state index contributed by atoms with van der Waals surface area (Å²) in [5.41, 5.74) is 5.40. The van der Waals surface area contributed by atoms with Crippen molar-refractivity contribution in [2.75, 3.05) is 5.75 Å². The van der Waals surface area contributed by atoms with Crippen LogP contribution in [-0.2, 0) is 28.8 Å². The second-order valence-electron chi connectivity index (χ2n) is 6.68. The smallest absolute Gasteiger partial charge is 0.326 e. The number of carboxylic acid groups (broad SMARTS) is 3. The summed E-state index contributed by atoms with van der Waals surface area (Å²) >= 11 is 3.89. The molecule has 0 heterocycles. The molecule has 170 valence electrons. The number of nitrogens with one attached hydrogen (secondary N) is 3. The minimum Gasteiger partial charge on any atom is -0.481 e. The van der Waals surface area contributed by atoms with Gasteiger partial charge in [0.25, 0.3) is 0 Å². The van der Waals surface area contributed by atoms with E-state index in [0.29, 0.717) is 0 Å². The predicted molar refractivity (Wildman–Crippen MR) is 105 cm³/mol. The number of aliphatic carboxylic acids is 3. The van der Waals surface area contributed by atoms with Gasteiger partial charge in [0.1, 0.15) is 18.1 Å². The summed E-state index contributed by atoms with van der Waals surface area (Å²) in [5.74, 6) is -7.90. The van der Waals surface area contributed by atoms with Crippen molar-refractivity contribution < 1.29 is 44.1 Å². The molecule has 0 aliphatic rings. The van der Waals surface area contributed by atoms with Gasteiger partial charge in [-0.25, -0.2) is 4.79 Å². The first-order chi connectivity index (χ1) is 13.8. The highest BCUT2D eigenvalue weighted by molar-refractivity contribution is 7.80. The first-order valence-electron chi connectivity index (χ1n) is 8.74. The van der Waals surface area contributed by atoms with Crippen LogP contribution in [0.2, 0.25) is 0 Å². The number of carboxylic acids is 3. The largest absolute Gasteiger partial charge is 0.481 e. The molecule has 0 rings (SSSR count). The van der Waals surface area contributed by atoms with Crippen molar-refractivity contribution in [2.24, 2.45) is 11.7 Å². The van der Waals surface area contributed by atoms with Crippen LogP contribution in [0.3, 0.4) is 0 Å². The Balaban J connectivity index is 5.28. The van der Waals surface area contributed by atoms with E-state index in [9.17, 15) is 28.8 Å². The monoisotopic (exact) mass is 450 g/mol. The summed E-state index contributed by atoms with van der Waals surface area (Å²) in [5, 5.41) is 33.2. The van der Waals surface area contributed by atoms with Crippen LogP contribution in [0, 0.1) is 5.92 Å². The van der Waals surface area contributed by atoms with Gasteiger partial charge >= 0.3 is 17.9 Å². The lowest BCUT2D eigenvalue weighted by Crippen LogP contribution is -2.58. The normalized spacial score (nSPS) is 14.7. The predicted octanol–water partition coefficient (Wildman–Crippen LogP) is -2.61. The first-order valence-corrected chi connectivity index (χ1v) is 9.37. The molecule has 30 heavy (non-hydrogen) atoms. The van der Waals surface area contributed by atoms with Crippen LogP contribution in [0.25, 0.3) is 0 Å². The minimum atomic E-state index is -1.64. The number of amides is 3. The number of hydrogen-bond acceptors (Lipinski definition) is 8. The summed E-state index contributed by atoms with van der Waals surface area (Å²) < 4.78 is 0. The number of thiol groups is 1. The molecule has 0 aromatic carbocycles. The molecule has 4 unspecified atom stereocenters. The number of nitrogens with two attached hydrogens (primary N) is 1. The fourth-order valence-electron chi connectivity index (χ4n) is 2.18. The lowest BCUT2D eigenvalue weighted by atomic mass is 10.0. The summed E-state index contributed by atoms with van der Waals surface area (Å²) in [6, 6.07) is -5.76. The standard InChI is InChI=1S/C16H26N4O9S/c1-6(2)12(16(28)29)20-14(26)8(4-11(23)24)18-15(27)9(5-30)19-13(25)7(17)3-10(21)22/h6-9,12,30H,3-5,17H2,1-2H3,(H,18,27)(H,19,25)(H,20,26)(H,21,22)(H,23,24)(H,28,29).